The van der Waals surface area contributed by atoms with E-state index in [9.17, 15) is 32.6 Å². The highest BCUT2D eigenvalue weighted by atomic mass is 35.5. The van der Waals surface area contributed by atoms with Crippen molar-refractivity contribution in [2.75, 3.05) is 19.7 Å². The van der Waals surface area contributed by atoms with Gasteiger partial charge in [-0.3, -0.25) is 14.3 Å². The van der Waals surface area contributed by atoms with Crippen molar-refractivity contribution in [3.8, 4) is 0 Å². The Morgan fingerprint density at radius 1 is 1.35 bits per heavy atom. The first-order valence-corrected chi connectivity index (χ1v) is 13.7. The van der Waals surface area contributed by atoms with Gasteiger partial charge in [-0.2, -0.15) is 5.10 Å². The molecule has 4 rings (SSSR count). The number of carbonyl (C=O) groups excluding carboxylic acids is 2. The summed E-state index contributed by atoms with van der Waals surface area (Å²) in [5, 5.41) is 26.4. The first-order valence-electron chi connectivity index (χ1n) is 11.9. The molecule has 0 bridgehead atoms. The molecular formula is C24H30ClFN4O6S. The Balaban J connectivity index is 1.51. The van der Waals surface area contributed by atoms with E-state index >= 15 is 0 Å². The molecule has 10 nitrogen and oxygen atoms in total. The van der Waals surface area contributed by atoms with Crippen LogP contribution in [0, 0.1) is 5.82 Å². The largest absolute Gasteiger partial charge is 0.394 e. The van der Waals surface area contributed by atoms with Crippen molar-refractivity contribution in [1.82, 2.24) is 20.0 Å². The predicted molar refractivity (Wildman–Crippen MR) is 133 cm³/mol. The number of carbonyl (C=O) groups is 2. The highest BCUT2D eigenvalue weighted by Gasteiger charge is 2.62. The van der Waals surface area contributed by atoms with Crippen LogP contribution in [0.3, 0.4) is 0 Å². The van der Waals surface area contributed by atoms with E-state index in [1.807, 2.05) is 0 Å². The average molecular weight is 557 g/mol. The molecule has 0 unspecified atom stereocenters. The zero-order valence-electron chi connectivity index (χ0n) is 20.8. The van der Waals surface area contributed by atoms with E-state index < -0.39 is 49.7 Å². The van der Waals surface area contributed by atoms with Crippen LogP contribution in [0.15, 0.2) is 18.2 Å². The van der Waals surface area contributed by atoms with Crippen molar-refractivity contribution in [1.29, 1.82) is 0 Å². The molecule has 0 saturated heterocycles. The first kappa shape index (κ1) is 27.5. The average Bonchev–Trinajstić information content (AvgIpc) is 3.57. The van der Waals surface area contributed by atoms with Gasteiger partial charge in [0, 0.05) is 32.2 Å². The summed E-state index contributed by atoms with van der Waals surface area (Å²) in [4.78, 5) is 27.7. The third-order valence-corrected chi connectivity index (χ3v) is 11.1. The lowest BCUT2D eigenvalue weighted by atomic mass is 10.0. The molecule has 1 aromatic heterocycles. The minimum atomic E-state index is -3.92. The summed E-state index contributed by atoms with van der Waals surface area (Å²) in [6.07, 6.45) is -0.469. The minimum Gasteiger partial charge on any atom is -0.394 e. The topological polar surface area (TPSA) is 142 Å². The zero-order chi connectivity index (χ0) is 27.3. The predicted octanol–water partition coefficient (Wildman–Crippen LogP) is 1.22. The normalized spacial score (nSPS) is 17.9. The summed E-state index contributed by atoms with van der Waals surface area (Å²) in [7, 11) is -2.38. The van der Waals surface area contributed by atoms with Crippen LogP contribution < -0.4 is 5.32 Å². The van der Waals surface area contributed by atoms with Gasteiger partial charge in [0.1, 0.15) is 11.5 Å². The number of amides is 2. The van der Waals surface area contributed by atoms with Gasteiger partial charge in [-0.05, 0) is 50.8 Å². The fourth-order valence-electron chi connectivity index (χ4n) is 4.78. The molecule has 13 heteroatoms. The number of fused-ring (bicyclic) bond motifs is 1. The van der Waals surface area contributed by atoms with Gasteiger partial charge in [0.2, 0.25) is 0 Å². The van der Waals surface area contributed by atoms with Crippen molar-refractivity contribution in [2.24, 2.45) is 7.05 Å². The molecule has 2 heterocycles. The number of aliphatic hydroxyl groups is 2. The minimum absolute atomic E-state index is 0.0224. The molecule has 2 amide bonds. The number of benzene rings is 1. The van der Waals surface area contributed by atoms with E-state index in [1.54, 1.807) is 6.07 Å². The van der Waals surface area contributed by atoms with E-state index in [2.05, 4.69) is 10.4 Å². The van der Waals surface area contributed by atoms with Crippen molar-refractivity contribution in [3.05, 3.63) is 51.6 Å². The fourth-order valence-corrected chi connectivity index (χ4v) is 7.41. The zero-order valence-corrected chi connectivity index (χ0v) is 22.4. The van der Waals surface area contributed by atoms with Crippen LogP contribution in [0.25, 0.3) is 0 Å². The number of aryl methyl sites for hydroxylation is 1. The number of hydrogen-bond donors (Lipinski definition) is 3. The Kier molecular flexibility index (Phi) is 7.17. The molecule has 1 saturated carbocycles. The van der Waals surface area contributed by atoms with E-state index in [-0.39, 0.29) is 36.0 Å². The van der Waals surface area contributed by atoms with Gasteiger partial charge >= 0.3 is 0 Å². The number of nitrogens with zero attached hydrogens (tertiary/aromatic N) is 3. The second-order valence-electron chi connectivity index (χ2n) is 10.2. The molecule has 2 aliphatic rings. The van der Waals surface area contributed by atoms with E-state index in [0.717, 1.165) is 0 Å². The number of aromatic nitrogens is 2. The van der Waals surface area contributed by atoms with Crippen LogP contribution in [0.1, 0.15) is 58.8 Å². The van der Waals surface area contributed by atoms with Gasteiger partial charge in [-0.25, -0.2) is 12.8 Å². The van der Waals surface area contributed by atoms with Crippen molar-refractivity contribution in [3.63, 3.8) is 0 Å². The highest BCUT2D eigenvalue weighted by Crippen LogP contribution is 2.50. The van der Waals surface area contributed by atoms with Gasteiger partial charge in [0.25, 0.3) is 11.8 Å². The van der Waals surface area contributed by atoms with Crippen LogP contribution >= 0.6 is 11.6 Å². The molecule has 1 atom stereocenters. The molecule has 0 radical (unpaired) electrons. The number of hydrogen-bond acceptors (Lipinski definition) is 7. The van der Waals surface area contributed by atoms with Crippen LogP contribution in [-0.2, 0) is 29.9 Å². The molecule has 2 aromatic rings. The Morgan fingerprint density at radius 2 is 2.03 bits per heavy atom. The summed E-state index contributed by atoms with van der Waals surface area (Å²) in [5.74, 6) is -1.55. The van der Waals surface area contributed by atoms with Gasteiger partial charge < -0.3 is 20.4 Å². The van der Waals surface area contributed by atoms with Gasteiger partial charge in [0.15, 0.2) is 15.5 Å². The second-order valence-corrected chi connectivity index (χ2v) is 13.5. The smallest absolute Gasteiger partial charge is 0.272 e. The van der Waals surface area contributed by atoms with Gasteiger partial charge in [-0.1, -0.05) is 17.7 Å². The Labute approximate surface area is 219 Å². The number of aliphatic hydroxyl groups excluding tert-OH is 2. The van der Waals surface area contributed by atoms with Gasteiger partial charge in [-0.15, -0.1) is 0 Å². The Hall–Kier alpha value is -2.54. The molecule has 37 heavy (non-hydrogen) atoms. The maximum Gasteiger partial charge on any atom is 0.272 e. The second kappa shape index (κ2) is 9.64. The van der Waals surface area contributed by atoms with E-state index in [0.29, 0.717) is 30.4 Å². The molecule has 1 aliphatic carbocycles. The molecule has 0 spiro atoms. The van der Waals surface area contributed by atoms with E-state index in [4.69, 9.17) is 11.6 Å². The summed E-state index contributed by atoms with van der Waals surface area (Å²) in [6.45, 7) is 2.24. The maximum atomic E-state index is 13.7. The Bertz CT molecular complexity index is 1360. The molecule has 1 fully saturated rings. The molecule has 1 aliphatic heterocycles. The van der Waals surface area contributed by atoms with Crippen LogP contribution in [0.2, 0.25) is 5.02 Å². The lowest BCUT2D eigenvalue weighted by Crippen LogP contribution is -2.55. The number of halogens is 2. The number of sulfone groups is 1. The van der Waals surface area contributed by atoms with Crippen LogP contribution in [0.5, 0.6) is 0 Å². The number of rotatable bonds is 9. The van der Waals surface area contributed by atoms with E-state index in [1.165, 1.54) is 42.6 Å². The SMILES string of the molecule is Cn1nc(C(=O)NCc2ccc(Cl)c(F)c2)c2c1C(=O)N(CC1(S(=O)(=O)C(C)(C)[C@H](O)CO)CC1)CC2. The molecular weight excluding hydrogens is 527 g/mol. The quantitative estimate of drug-likeness (QED) is 0.421. The lowest BCUT2D eigenvalue weighted by Gasteiger charge is -2.36. The van der Waals surface area contributed by atoms with Crippen molar-refractivity contribution in [2.45, 2.75) is 55.3 Å². The van der Waals surface area contributed by atoms with Crippen molar-refractivity contribution < 1.29 is 32.6 Å². The molecule has 1 aromatic carbocycles. The molecule has 3 N–H and O–H groups in total. The summed E-state index contributed by atoms with van der Waals surface area (Å²) < 4.78 is 39.1. The molecule has 202 valence electrons. The third kappa shape index (κ3) is 4.64. The lowest BCUT2D eigenvalue weighted by molar-refractivity contribution is 0.0673. The third-order valence-electron chi connectivity index (χ3n) is 7.44. The Morgan fingerprint density at radius 3 is 2.62 bits per heavy atom. The maximum absolute atomic E-state index is 13.7. The summed E-state index contributed by atoms with van der Waals surface area (Å²) >= 11 is 5.69. The highest BCUT2D eigenvalue weighted by molar-refractivity contribution is 7.94. The first-order chi connectivity index (χ1) is 17.3. The number of nitrogens with one attached hydrogen (secondary N) is 1. The fraction of sp³-hybridized carbons (Fsp3) is 0.542. The summed E-state index contributed by atoms with van der Waals surface area (Å²) in [6, 6.07) is 4.21. The van der Waals surface area contributed by atoms with Crippen molar-refractivity contribution >= 4 is 33.3 Å². The van der Waals surface area contributed by atoms with Crippen LogP contribution in [0.4, 0.5) is 4.39 Å². The van der Waals surface area contributed by atoms with Crippen LogP contribution in [-0.4, -0.2) is 80.4 Å². The standard InChI is InChI=1S/C24H30ClFN4O6S/c1-23(2,18(32)12-31)37(35,36)24(7-8-24)13-30-9-6-15-19(28-29(3)20(15)22(30)34)21(33)27-11-14-4-5-16(25)17(26)10-14/h4-5,10,18,31-32H,6-9,11-13H2,1-3H3,(H,27,33)/t18-/m1/s1. The van der Waals surface area contributed by atoms with Gasteiger partial charge in [0.05, 0.1) is 27.2 Å². The monoisotopic (exact) mass is 556 g/mol. The summed E-state index contributed by atoms with van der Waals surface area (Å²) in [5.41, 5.74) is 1.26.